The summed E-state index contributed by atoms with van der Waals surface area (Å²) in [6.45, 7) is 1.81. The van der Waals surface area contributed by atoms with Crippen LogP contribution in [0.1, 0.15) is 6.04 Å². The van der Waals surface area contributed by atoms with E-state index in [2.05, 4.69) is 25.8 Å². The molecule has 0 unspecified atom stereocenters. The van der Waals surface area contributed by atoms with Crippen molar-refractivity contribution in [2.24, 2.45) is 0 Å². The number of rotatable bonds is 2. The Morgan fingerprint density at radius 3 is 2.69 bits per heavy atom. The lowest BCUT2D eigenvalue weighted by atomic mass is 10.2. The maximum atomic E-state index is 5.64. The smallest absolute Gasteiger partial charge is 0.241 e. The second-order valence-electron chi connectivity index (χ2n) is 3.65. The topological polar surface area (TPSA) is 125 Å². The maximum absolute atomic E-state index is 5.64. The van der Waals surface area contributed by atoms with Crippen molar-refractivity contribution >= 4 is 5.95 Å². The highest BCUT2D eigenvalue weighted by molar-refractivity contribution is 5.49. The van der Waals surface area contributed by atoms with Crippen molar-refractivity contribution in [3.05, 3.63) is 6.20 Å². The molecule has 0 aromatic carbocycles. The van der Waals surface area contributed by atoms with Crippen LogP contribution in [0.4, 0.5) is 5.95 Å². The zero-order valence-electron chi connectivity index (χ0n) is 8.41. The third kappa shape index (κ3) is 1.21. The SMILES string of the molecule is Nc1nnc(-c2cn(C3CNC3)nn2)n1N. The summed E-state index contributed by atoms with van der Waals surface area (Å²) in [5, 5.41) is 18.7. The number of aromatic nitrogens is 6. The largest absolute Gasteiger partial charge is 0.366 e. The second-order valence-corrected chi connectivity index (χ2v) is 3.65. The van der Waals surface area contributed by atoms with Gasteiger partial charge in [-0.1, -0.05) is 5.21 Å². The summed E-state index contributed by atoms with van der Waals surface area (Å²) in [6.07, 6.45) is 1.79. The van der Waals surface area contributed by atoms with Gasteiger partial charge in [0.2, 0.25) is 11.8 Å². The molecule has 0 atom stereocenters. The van der Waals surface area contributed by atoms with Gasteiger partial charge in [-0.15, -0.1) is 15.3 Å². The third-order valence-electron chi connectivity index (χ3n) is 2.60. The van der Waals surface area contributed by atoms with Gasteiger partial charge in [0.05, 0.1) is 12.2 Å². The highest BCUT2D eigenvalue weighted by atomic mass is 15.5. The van der Waals surface area contributed by atoms with Gasteiger partial charge in [0.1, 0.15) is 0 Å². The molecule has 5 N–H and O–H groups in total. The molecule has 0 saturated carbocycles. The number of nitrogen functional groups attached to an aromatic ring is 2. The molecule has 3 heterocycles. The molecule has 2 aromatic heterocycles. The van der Waals surface area contributed by atoms with Gasteiger partial charge in [0.15, 0.2) is 5.69 Å². The van der Waals surface area contributed by atoms with Gasteiger partial charge in [-0.3, -0.25) is 0 Å². The molecule has 2 aromatic rings. The van der Waals surface area contributed by atoms with Crippen molar-refractivity contribution in [2.45, 2.75) is 6.04 Å². The minimum Gasteiger partial charge on any atom is -0.366 e. The van der Waals surface area contributed by atoms with E-state index >= 15 is 0 Å². The minimum atomic E-state index is 0.148. The predicted molar refractivity (Wildman–Crippen MR) is 55.5 cm³/mol. The van der Waals surface area contributed by atoms with E-state index in [4.69, 9.17) is 11.6 Å². The lowest BCUT2D eigenvalue weighted by Crippen LogP contribution is -2.43. The number of anilines is 1. The van der Waals surface area contributed by atoms with Crippen molar-refractivity contribution < 1.29 is 0 Å². The third-order valence-corrected chi connectivity index (χ3v) is 2.60. The molecule has 1 saturated heterocycles. The fourth-order valence-corrected chi connectivity index (χ4v) is 1.50. The summed E-state index contributed by atoms with van der Waals surface area (Å²) in [7, 11) is 0. The molecule has 9 heteroatoms. The number of hydrogen-bond donors (Lipinski definition) is 3. The Balaban J connectivity index is 1.94. The zero-order valence-corrected chi connectivity index (χ0v) is 8.41. The number of nitrogens with zero attached hydrogens (tertiary/aromatic N) is 6. The summed E-state index contributed by atoms with van der Waals surface area (Å²) in [5.41, 5.74) is 6.05. The van der Waals surface area contributed by atoms with E-state index in [9.17, 15) is 0 Å². The predicted octanol–water partition coefficient (Wildman–Crippen LogP) is -2.02. The highest BCUT2D eigenvalue weighted by Gasteiger charge is 2.21. The molecule has 3 rings (SSSR count). The first kappa shape index (κ1) is 9.09. The van der Waals surface area contributed by atoms with Crippen molar-refractivity contribution in [1.82, 2.24) is 35.2 Å². The summed E-state index contributed by atoms with van der Waals surface area (Å²) < 4.78 is 2.98. The van der Waals surface area contributed by atoms with Crippen LogP contribution in [-0.2, 0) is 0 Å². The molecule has 0 amide bonds. The molecule has 1 aliphatic heterocycles. The van der Waals surface area contributed by atoms with Gasteiger partial charge in [0, 0.05) is 13.1 Å². The van der Waals surface area contributed by atoms with Crippen LogP contribution in [0.3, 0.4) is 0 Å². The monoisotopic (exact) mass is 221 g/mol. The van der Waals surface area contributed by atoms with Gasteiger partial charge in [-0.25, -0.2) is 9.36 Å². The average molecular weight is 221 g/mol. The summed E-state index contributed by atoms with van der Waals surface area (Å²) in [5.74, 6) is 6.20. The summed E-state index contributed by atoms with van der Waals surface area (Å²) in [4.78, 5) is 0. The Labute approximate surface area is 90.4 Å². The van der Waals surface area contributed by atoms with Crippen LogP contribution in [0, 0.1) is 0 Å². The lowest BCUT2D eigenvalue weighted by Gasteiger charge is -2.26. The van der Waals surface area contributed by atoms with Crippen LogP contribution >= 0.6 is 0 Å². The van der Waals surface area contributed by atoms with Gasteiger partial charge in [0.25, 0.3) is 0 Å². The quantitative estimate of drug-likeness (QED) is 0.499. The Morgan fingerprint density at radius 1 is 1.31 bits per heavy atom. The summed E-state index contributed by atoms with van der Waals surface area (Å²) in [6, 6.07) is 0.354. The molecular weight excluding hydrogens is 210 g/mol. The molecular formula is C7H11N9. The molecule has 16 heavy (non-hydrogen) atoms. The van der Waals surface area contributed by atoms with Crippen LogP contribution in [0.2, 0.25) is 0 Å². The molecule has 1 fully saturated rings. The number of nitrogens with one attached hydrogen (secondary N) is 1. The van der Waals surface area contributed by atoms with E-state index in [1.807, 2.05) is 0 Å². The molecule has 0 spiro atoms. The first-order valence-corrected chi connectivity index (χ1v) is 4.84. The number of hydrogen-bond acceptors (Lipinski definition) is 7. The van der Waals surface area contributed by atoms with Crippen LogP contribution in [0.25, 0.3) is 11.5 Å². The Morgan fingerprint density at radius 2 is 2.12 bits per heavy atom. The molecule has 9 nitrogen and oxygen atoms in total. The Kier molecular flexibility index (Phi) is 1.80. The Bertz CT molecular complexity index is 508. The maximum Gasteiger partial charge on any atom is 0.241 e. The normalized spacial score (nSPS) is 16.2. The molecule has 0 radical (unpaired) electrons. The van der Waals surface area contributed by atoms with E-state index in [0.717, 1.165) is 13.1 Å². The molecule has 0 bridgehead atoms. The van der Waals surface area contributed by atoms with E-state index in [-0.39, 0.29) is 5.95 Å². The van der Waals surface area contributed by atoms with Crippen LogP contribution in [-0.4, -0.2) is 43.0 Å². The van der Waals surface area contributed by atoms with Crippen LogP contribution in [0.5, 0.6) is 0 Å². The lowest BCUT2D eigenvalue weighted by molar-refractivity contribution is 0.313. The van der Waals surface area contributed by atoms with Gasteiger partial charge >= 0.3 is 0 Å². The van der Waals surface area contributed by atoms with E-state index in [1.165, 1.54) is 4.68 Å². The minimum absolute atomic E-state index is 0.148. The van der Waals surface area contributed by atoms with Crippen molar-refractivity contribution in [1.29, 1.82) is 0 Å². The van der Waals surface area contributed by atoms with E-state index in [1.54, 1.807) is 10.9 Å². The van der Waals surface area contributed by atoms with Crippen molar-refractivity contribution in [3.8, 4) is 11.5 Å². The fraction of sp³-hybridized carbons (Fsp3) is 0.429. The van der Waals surface area contributed by atoms with Crippen LogP contribution < -0.4 is 16.9 Å². The Hall–Kier alpha value is -2.16. The van der Waals surface area contributed by atoms with Crippen molar-refractivity contribution in [2.75, 3.05) is 24.7 Å². The van der Waals surface area contributed by atoms with E-state index < -0.39 is 0 Å². The zero-order chi connectivity index (χ0) is 11.1. The van der Waals surface area contributed by atoms with Crippen molar-refractivity contribution in [3.63, 3.8) is 0 Å². The first-order chi connectivity index (χ1) is 7.75. The van der Waals surface area contributed by atoms with E-state index in [0.29, 0.717) is 17.6 Å². The van der Waals surface area contributed by atoms with Gasteiger partial charge < -0.3 is 16.9 Å². The van der Waals surface area contributed by atoms with Gasteiger partial charge in [-0.2, -0.15) is 0 Å². The molecule has 1 aliphatic rings. The highest BCUT2D eigenvalue weighted by Crippen LogP contribution is 2.16. The second kappa shape index (κ2) is 3.17. The molecule has 84 valence electrons. The fourth-order valence-electron chi connectivity index (χ4n) is 1.50. The molecule has 0 aliphatic carbocycles. The number of nitrogens with two attached hydrogens (primary N) is 2. The van der Waals surface area contributed by atoms with Gasteiger partial charge in [-0.05, 0) is 0 Å². The average Bonchev–Trinajstić information content (AvgIpc) is 2.74. The first-order valence-electron chi connectivity index (χ1n) is 4.84. The van der Waals surface area contributed by atoms with Crippen LogP contribution in [0.15, 0.2) is 6.20 Å². The standard InChI is InChI=1S/C7H11N9/c8-7-13-12-6(16(7)9)5-3-15(14-11-5)4-1-10-2-4/h3-4,10H,1-2,9H2,(H2,8,13). The summed E-state index contributed by atoms with van der Waals surface area (Å²) >= 11 is 0.